The van der Waals surface area contributed by atoms with E-state index < -0.39 is 48.1 Å². The lowest BCUT2D eigenvalue weighted by molar-refractivity contribution is -0.148. The summed E-state index contributed by atoms with van der Waals surface area (Å²) in [7, 11) is 0. The topological polar surface area (TPSA) is 90.6 Å². The van der Waals surface area contributed by atoms with Crippen molar-refractivity contribution in [3.05, 3.63) is 66.9 Å². The Balaban J connectivity index is 1.72. The minimum atomic E-state index is -4.54. The zero-order chi connectivity index (χ0) is 28.5. The molecule has 210 valence electrons. The van der Waals surface area contributed by atoms with Gasteiger partial charge in [0, 0.05) is 45.9 Å². The predicted octanol–water partition coefficient (Wildman–Crippen LogP) is 4.04. The predicted molar refractivity (Wildman–Crippen MR) is 137 cm³/mol. The molecule has 3 aromatic rings. The highest BCUT2D eigenvalue weighted by Crippen LogP contribution is 2.31. The number of benzene rings is 1. The van der Waals surface area contributed by atoms with Crippen LogP contribution in [-0.2, 0) is 29.0 Å². The van der Waals surface area contributed by atoms with E-state index in [-0.39, 0.29) is 34.2 Å². The largest absolute Gasteiger partial charge is 0.462 e. The Kier molecular flexibility index (Phi) is 8.28. The Morgan fingerprint density at radius 1 is 1.05 bits per heavy atom. The second kappa shape index (κ2) is 11.3. The van der Waals surface area contributed by atoms with Crippen LogP contribution in [-0.4, -0.2) is 51.3 Å². The Labute approximate surface area is 224 Å². The molecule has 4 rings (SSSR count). The summed E-state index contributed by atoms with van der Waals surface area (Å²) >= 11 is 0.831. The van der Waals surface area contributed by atoms with E-state index in [2.05, 4.69) is 0 Å². The molecule has 3 heterocycles. The van der Waals surface area contributed by atoms with E-state index >= 15 is 0 Å². The summed E-state index contributed by atoms with van der Waals surface area (Å²) in [5.41, 5.74) is -0.661. The minimum Gasteiger partial charge on any atom is -0.462 e. The number of carbonyl (C=O) groups is 2. The number of aromatic nitrogens is 2. The van der Waals surface area contributed by atoms with Crippen LogP contribution in [0.15, 0.2) is 33.9 Å². The highest BCUT2D eigenvalue weighted by molar-refractivity contribution is 7.20. The van der Waals surface area contributed by atoms with Crippen LogP contribution in [0.1, 0.15) is 47.0 Å². The fraction of sp³-hybridized carbons (Fsp3) is 0.462. The van der Waals surface area contributed by atoms with Gasteiger partial charge in [0.25, 0.3) is 11.5 Å². The molecule has 1 aromatic carbocycles. The van der Waals surface area contributed by atoms with Gasteiger partial charge >= 0.3 is 17.8 Å². The molecule has 0 aliphatic carbocycles. The van der Waals surface area contributed by atoms with E-state index in [4.69, 9.17) is 4.74 Å². The zero-order valence-electron chi connectivity index (χ0n) is 21.3. The SMILES string of the molecule is CC(=O)OC1CCN(C(=O)c2sc3c(c2C)c(=O)n(CCc2ccc(F)cc2)c(=O)n3CCC(F)(F)F)CC1. The lowest BCUT2D eigenvalue weighted by Crippen LogP contribution is -2.41. The molecule has 2 aromatic heterocycles. The van der Waals surface area contributed by atoms with E-state index in [9.17, 15) is 36.7 Å². The van der Waals surface area contributed by atoms with Gasteiger partial charge in [-0.3, -0.25) is 23.5 Å². The summed E-state index contributed by atoms with van der Waals surface area (Å²) in [4.78, 5) is 53.1. The average Bonchev–Trinajstić information content (AvgIpc) is 3.21. The summed E-state index contributed by atoms with van der Waals surface area (Å²) in [6.07, 6.45) is -5.10. The van der Waals surface area contributed by atoms with Crippen LogP contribution in [0.4, 0.5) is 17.6 Å². The van der Waals surface area contributed by atoms with Crippen molar-refractivity contribution >= 4 is 33.4 Å². The standard InChI is InChI=1S/C26H27F4N3O5S/c1-15-20-22(35)32(13-7-17-3-5-18(27)6-4-17)25(37)33(14-10-26(28,29)30)24(20)39-21(15)23(36)31-11-8-19(9-12-31)38-16(2)34/h3-6,19H,7-14H2,1-2H3. The molecule has 0 saturated carbocycles. The van der Waals surface area contributed by atoms with Crippen LogP contribution in [0.2, 0.25) is 0 Å². The molecule has 1 aliphatic rings. The van der Waals surface area contributed by atoms with Crippen LogP contribution < -0.4 is 11.2 Å². The van der Waals surface area contributed by atoms with E-state index in [0.717, 1.165) is 20.5 Å². The number of halogens is 4. The maximum absolute atomic E-state index is 13.5. The summed E-state index contributed by atoms with van der Waals surface area (Å²) in [5.74, 6) is -1.26. The van der Waals surface area contributed by atoms with Crippen molar-refractivity contribution in [2.45, 2.75) is 64.9 Å². The number of aryl methyl sites for hydroxylation is 3. The fourth-order valence-electron chi connectivity index (χ4n) is 4.68. The Hall–Kier alpha value is -3.48. The molecule has 0 bridgehead atoms. The number of rotatable bonds is 7. The molecule has 0 spiro atoms. The van der Waals surface area contributed by atoms with E-state index in [1.807, 2.05) is 0 Å². The van der Waals surface area contributed by atoms with Gasteiger partial charge in [0.15, 0.2) is 0 Å². The number of nitrogens with zero attached hydrogens (tertiary/aromatic N) is 3. The quantitative estimate of drug-likeness (QED) is 0.317. The van der Waals surface area contributed by atoms with Gasteiger partial charge in [-0.15, -0.1) is 11.3 Å². The molecule has 0 radical (unpaired) electrons. The van der Waals surface area contributed by atoms with Crippen molar-refractivity contribution < 1.29 is 31.9 Å². The van der Waals surface area contributed by atoms with Crippen molar-refractivity contribution in [1.29, 1.82) is 0 Å². The Morgan fingerprint density at radius 3 is 2.28 bits per heavy atom. The highest BCUT2D eigenvalue weighted by atomic mass is 32.1. The number of amides is 1. The molecule has 1 fully saturated rings. The number of ether oxygens (including phenoxy) is 1. The van der Waals surface area contributed by atoms with Crippen molar-refractivity contribution in [1.82, 2.24) is 14.0 Å². The average molecular weight is 570 g/mol. The molecule has 0 unspecified atom stereocenters. The van der Waals surface area contributed by atoms with E-state index in [1.165, 1.54) is 31.2 Å². The second-order valence-corrected chi connectivity index (χ2v) is 10.5. The number of carbonyl (C=O) groups excluding carboxylic acids is 2. The molecule has 1 aliphatic heterocycles. The summed E-state index contributed by atoms with van der Waals surface area (Å²) < 4.78 is 59.6. The Bertz CT molecular complexity index is 1500. The molecular weight excluding hydrogens is 542 g/mol. The lowest BCUT2D eigenvalue weighted by Gasteiger charge is -2.31. The van der Waals surface area contributed by atoms with Crippen molar-refractivity contribution in [3.63, 3.8) is 0 Å². The lowest BCUT2D eigenvalue weighted by atomic mass is 10.1. The third kappa shape index (κ3) is 6.40. The van der Waals surface area contributed by atoms with Crippen molar-refractivity contribution in [2.75, 3.05) is 13.1 Å². The third-order valence-electron chi connectivity index (χ3n) is 6.71. The number of likely N-dealkylation sites (tertiary alicyclic amines) is 1. The van der Waals surface area contributed by atoms with Crippen molar-refractivity contribution in [3.8, 4) is 0 Å². The Morgan fingerprint density at radius 2 is 1.69 bits per heavy atom. The molecule has 8 nitrogen and oxygen atoms in total. The molecule has 0 N–H and O–H groups in total. The number of fused-ring (bicyclic) bond motifs is 1. The van der Waals surface area contributed by atoms with Gasteiger partial charge in [-0.25, -0.2) is 9.18 Å². The molecular formula is C26H27F4N3O5S. The first-order chi connectivity index (χ1) is 18.4. The smallest absolute Gasteiger partial charge is 0.390 e. The zero-order valence-corrected chi connectivity index (χ0v) is 22.2. The first-order valence-electron chi connectivity index (χ1n) is 12.4. The van der Waals surface area contributed by atoms with E-state index in [1.54, 1.807) is 11.8 Å². The number of hydrogen-bond donors (Lipinski definition) is 0. The number of hydrogen-bond acceptors (Lipinski definition) is 6. The molecule has 1 amide bonds. The number of thiophene rings is 1. The van der Waals surface area contributed by atoms with Gasteiger partial charge in [-0.05, 0) is 36.6 Å². The minimum absolute atomic E-state index is 0.0166. The molecule has 13 heteroatoms. The third-order valence-corrected chi connectivity index (χ3v) is 8.01. The summed E-state index contributed by atoms with van der Waals surface area (Å²) in [6.45, 7) is 2.61. The van der Waals surface area contributed by atoms with Crippen molar-refractivity contribution in [2.24, 2.45) is 0 Å². The molecule has 1 saturated heterocycles. The van der Waals surface area contributed by atoms with Crippen LogP contribution >= 0.6 is 11.3 Å². The first kappa shape index (κ1) is 28.5. The normalized spacial score (nSPS) is 14.7. The van der Waals surface area contributed by atoms with Gasteiger partial charge in [-0.2, -0.15) is 13.2 Å². The highest BCUT2D eigenvalue weighted by Gasteiger charge is 2.31. The maximum Gasteiger partial charge on any atom is 0.390 e. The van der Waals surface area contributed by atoms with Gasteiger partial charge in [-0.1, -0.05) is 12.1 Å². The molecule has 0 atom stereocenters. The number of esters is 1. The summed E-state index contributed by atoms with van der Waals surface area (Å²) in [5, 5.41) is 0.0269. The van der Waals surface area contributed by atoms with E-state index in [0.29, 0.717) is 37.1 Å². The van der Waals surface area contributed by atoms with Gasteiger partial charge < -0.3 is 9.64 Å². The molecule has 39 heavy (non-hydrogen) atoms. The van der Waals surface area contributed by atoms with Gasteiger partial charge in [0.1, 0.15) is 16.8 Å². The van der Waals surface area contributed by atoms with Crippen LogP contribution in [0.25, 0.3) is 10.2 Å². The second-order valence-electron chi connectivity index (χ2n) is 9.47. The van der Waals surface area contributed by atoms with Crippen LogP contribution in [0.5, 0.6) is 0 Å². The summed E-state index contributed by atoms with van der Waals surface area (Å²) in [6, 6.07) is 5.47. The fourth-order valence-corrected chi connectivity index (χ4v) is 5.97. The van der Waals surface area contributed by atoms with Gasteiger partial charge in [0.05, 0.1) is 16.7 Å². The first-order valence-corrected chi connectivity index (χ1v) is 13.2. The number of alkyl halides is 3. The number of piperidine rings is 1. The van der Waals surface area contributed by atoms with Crippen LogP contribution in [0, 0.1) is 12.7 Å². The van der Waals surface area contributed by atoms with Crippen LogP contribution in [0.3, 0.4) is 0 Å². The maximum atomic E-state index is 13.5. The monoisotopic (exact) mass is 569 g/mol. The van der Waals surface area contributed by atoms with Gasteiger partial charge in [0.2, 0.25) is 0 Å².